The molecular weight excluding hydrogens is 164 g/mol. The van der Waals surface area contributed by atoms with Crippen LogP contribution < -0.4 is 0 Å². The summed E-state index contributed by atoms with van der Waals surface area (Å²) in [6.45, 7) is 3.72. The first-order valence-electron chi connectivity index (χ1n) is 3.34. The monoisotopic (exact) mass is 176 g/mol. The number of methoxy groups -OCH3 is 1. The molecule has 0 aliphatic carbocycles. The zero-order chi connectivity index (χ0) is 9.78. The molecule has 5 heteroatoms. The van der Waals surface area contributed by atoms with Crippen molar-refractivity contribution in [3.05, 3.63) is 0 Å². The van der Waals surface area contributed by atoms with Crippen molar-refractivity contribution in [1.82, 2.24) is 0 Å². The molecule has 5 nitrogen and oxygen atoms in total. The van der Waals surface area contributed by atoms with Crippen LogP contribution in [0.1, 0.15) is 20.8 Å². The Morgan fingerprint density at radius 1 is 1.08 bits per heavy atom. The molecule has 0 aromatic rings. The molecule has 0 bridgehead atoms. The summed E-state index contributed by atoms with van der Waals surface area (Å²) in [5, 5.41) is 0. The first-order valence-corrected chi connectivity index (χ1v) is 3.34. The fourth-order valence-corrected chi connectivity index (χ4v) is 0.626. The van der Waals surface area contributed by atoms with E-state index in [0.29, 0.717) is 0 Å². The van der Waals surface area contributed by atoms with Gasteiger partial charge in [-0.1, -0.05) is 0 Å². The lowest BCUT2D eigenvalue weighted by atomic mass is 10.6. The fraction of sp³-hybridized carbons (Fsp3) is 0.714. The van der Waals surface area contributed by atoms with Crippen LogP contribution in [0.5, 0.6) is 0 Å². The second-order valence-electron chi connectivity index (χ2n) is 2.25. The first kappa shape index (κ1) is 10.9. The smallest absolute Gasteiger partial charge is 0.372 e. The molecule has 0 aromatic heterocycles. The Bertz CT molecular complexity index is 170. The molecule has 0 N–H and O–H groups in total. The Morgan fingerprint density at radius 2 is 1.42 bits per heavy atom. The molecule has 0 aliphatic rings. The number of rotatable bonds is 3. The fourth-order valence-electron chi connectivity index (χ4n) is 0.626. The summed E-state index contributed by atoms with van der Waals surface area (Å²) in [5.74, 6) is -2.78. The Hall–Kier alpha value is -1.10. The lowest BCUT2D eigenvalue weighted by Gasteiger charge is -2.25. The highest BCUT2D eigenvalue weighted by Crippen LogP contribution is 2.13. The molecule has 0 radical (unpaired) electrons. The number of esters is 2. The standard InChI is InChI=1S/C7H12O5/c1-5(8)11-7(3,10-4)12-6(2)9/h1-4H3. The van der Waals surface area contributed by atoms with Crippen molar-refractivity contribution < 1.29 is 23.8 Å². The third-order valence-electron chi connectivity index (χ3n) is 1.03. The summed E-state index contributed by atoms with van der Waals surface area (Å²) in [5.41, 5.74) is 0. The average Bonchev–Trinajstić information content (AvgIpc) is 1.83. The summed E-state index contributed by atoms with van der Waals surface area (Å²) >= 11 is 0. The second-order valence-corrected chi connectivity index (χ2v) is 2.25. The Labute approximate surface area is 70.6 Å². The maximum atomic E-state index is 10.5. The lowest BCUT2D eigenvalue weighted by Crippen LogP contribution is -2.37. The van der Waals surface area contributed by atoms with E-state index in [0.717, 1.165) is 0 Å². The molecule has 0 rings (SSSR count). The van der Waals surface area contributed by atoms with E-state index in [4.69, 9.17) is 0 Å². The highest BCUT2D eigenvalue weighted by Gasteiger charge is 2.30. The maximum absolute atomic E-state index is 10.5. The van der Waals surface area contributed by atoms with E-state index in [1.807, 2.05) is 0 Å². The third kappa shape index (κ3) is 3.92. The van der Waals surface area contributed by atoms with Crippen molar-refractivity contribution >= 4 is 11.9 Å². The lowest BCUT2D eigenvalue weighted by molar-refractivity contribution is -0.324. The molecule has 0 fully saturated rings. The topological polar surface area (TPSA) is 61.8 Å². The summed E-state index contributed by atoms with van der Waals surface area (Å²) in [6, 6.07) is 0. The van der Waals surface area contributed by atoms with Gasteiger partial charge >= 0.3 is 17.9 Å². The highest BCUT2D eigenvalue weighted by molar-refractivity contribution is 5.68. The van der Waals surface area contributed by atoms with Gasteiger partial charge in [0.25, 0.3) is 0 Å². The van der Waals surface area contributed by atoms with Crippen LogP contribution in [0.2, 0.25) is 0 Å². The number of hydrogen-bond donors (Lipinski definition) is 0. The van der Waals surface area contributed by atoms with E-state index in [1.165, 1.54) is 27.9 Å². The average molecular weight is 176 g/mol. The van der Waals surface area contributed by atoms with Crippen molar-refractivity contribution in [3.8, 4) is 0 Å². The van der Waals surface area contributed by atoms with Gasteiger partial charge in [0, 0.05) is 27.9 Å². The van der Waals surface area contributed by atoms with E-state index in [1.54, 1.807) is 0 Å². The molecular formula is C7H12O5. The summed E-state index contributed by atoms with van der Waals surface area (Å²) in [6.07, 6.45) is 0. The SMILES string of the molecule is COC(C)(OC(C)=O)OC(C)=O. The maximum Gasteiger partial charge on any atom is 0.372 e. The summed E-state index contributed by atoms with van der Waals surface area (Å²) in [4.78, 5) is 21.0. The molecule has 0 heterocycles. The van der Waals surface area contributed by atoms with Crippen LogP contribution in [0.25, 0.3) is 0 Å². The minimum Gasteiger partial charge on any atom is -0.398 e. The number of carbonyl (C=O) groups excluding carboxylic acids is 2. The molecule has 70 valence electrons. The predicted molar refractivity (Wildman–Crippen MR) is 38.9 cm³/mol. The normalized spacial score (nSPS) is 10.7. The van der Waals surface area contributed by atoms with Crippen LogP contribution in [-0.4, -0.2) is 25.0 Å². The predicted octanol–water partition coefficient (Wildman–Crippen LogP) is 0.433. The van der Waals surface area contributed by atoms with E-state index < -0.39 is 17.9 Å². The number of carbonyl (C=O) groups is 2. The Balaban J connectivity index is 4.23. The summed E-state index contributed by atoms with van der Waals surface area (Å²) in [7, 11) is 1.27. The third-order valence-corrected chi connectivity index (χ3v) is 1.03. The van der Waals surface area contributed by atoms with Gasteiger partial charge in [-0.05, 0) is 0 Å². The largest absolute Gasteiger partial charge is 0.398 e. The van der Waals surface area contributed by atoms with Crippen LogP contribution in [0.3, 0.4) is 0 Å². The molecule has 12 heavy (non-hydrogen) atoms. The first-order chi connectivity index (χ1) is 5.39. The molecule has 0 aromatic carbocycles. The second kappa shape index (κ2) is 4.06. The quantitative estimate of drug-likeness (QED) is 0.461. The van der Waals surface area contributed by atoms with Crippen LogP contribution in [0.4, 0.5) is 0 Å². The van der Waals surface area contributed by atoms with Gasteiger partial charge < -0.3 is 14.2 Å². The van der Waals surface area contributed by atoms with Gasteiger partial charge in [0.2, 0.25) is 0 Å². The van der Waals surface area contributed by atoms with Gasteiger partial charge in [-0.2, -0.15) is 0 Å². The zero-order valence-corrected chi connectivity index (χ0v) is 7.54. The molecule has 0 saturated carbocycles. The van der Waals surface area contributed by atoms with Crippen LogP contribution in [0, 0.1) is 0 Å². The van der Waals surface area contributed by atoms with Gasteiger partial charge in [-0.25, -0.2) is 0 Å². The van der Waals surface area contributed by atoms with E-state index in [-0.39, 0.29) is 0 Å². The van der Waals surface area contributed by atoms with Crippen molar-refractivity contribution in [2.75, 3.05) is 7.11 Å². The van der Waals surface area contributed by atoms with E-state index >= 15 is 0 Å². The van der Waals surface area contributed by atoms with Gasteiger partial charge in [0.05, 0.1) is 0 Å². The molecule has 0 spiro atoms. The van der Waals surface area contributed by atoms with Crippen molar-refractivity contribution in [1.29, 1.82) is 0 Å². The van der Waals surface area contributed by atoms with Gasteiger partial charge in [-0.15, -0.1) is 0 Å². The summed E-state index contributed by atoms with van der Waals surface area (Å²) < 4.78 is 13.9. The number of ether oxygens (including phenoxy) is 3. The van der Waals surface area contributed by atoms with Gasteiger partial charge in [0.1, 0.15) is 0 Å². The Morgan fingerprint density at radius 3 is 1.58 bits per heavy atom. The zero-order valence-electron chi connectivity index (χ0n) is 7.54. The molecule has 0 unspecified atom stereocenters. The minimum absolute atomic E-state index is 0.583. The van der Waals surface area contributed by atoms with Crippen molar-refractivity contribution in [3.63, 3.8) is 0 Å². The van der Waals surface area contributed by atoms with Gasteiger partial charge in [0.15, 0.2) is 0 Å². The van der Waals surface area contributed by atoms with Crippen LogP contribution in [-0.2, 0) is 23.8 Å². The molecule has 0 atom stereocenters. The molecule has 0 amide bonds. The van der Waals surface area contributed by atoms with Crippen molar-refractivity contribution in [2.45, 2.75) is 26.7 Å². The van der Waals surface area contributed by atoms with Crippen LogP contribution in [0.15, 0.2) is 0 Å². The highest BCUT2D eigenvalue weighted by atomic mass is 16.9. The Kier molecular flexibility index (Phi) is 3.69. The molecule has 0 aliphatic heterocycles. The van der Waals surface area contributed by atoms with Crippen LogP contribution >= 0.6 is 0 Å². The minimum atomic E-state index is -1.61. The molecule has 0 saturated heterocycles. The van der Waals surface area contributed by atoms with Gasteiger partial charge in [-0.3, -0.25) is 9.59 Å². The number of hydrogen-bond acceptors (Lipinski definition) is 5. The van der Waals surface area contributed by atoms with E-state index in [9.17, 15) is 9.59 Å². The van der Waals surface area contributed by atoms with E-state index in [2.05, 4.69) is 14.2 Å². The van der Waals surface area contributed by atoms with Crippen molar-refractivity contribution in [2.24, 2.45) is 0 Å².